The van der Waals surface area contributed by atoms with E-state index in [4.69, 9.17) is 41.4 Å². The summed E-state index contributed by atoms with van der Waals surface area (Å²) in [5, 5.41) is 0. The molecular formula is C48H81O11Pd+. The van der Waals surface area contributed by atoms with Crippen LogP contribution in [0.1, 0.15) is 172 Å². The molecule has 348 valence electrons. The van der Waals surface area contributed by atoms with Gasteiger partial charge in [-0.1, -0.05) is 75.0 Å². The van der Waals surface area contributed by atoms with Gasteiger partial charge in [0.1, 0.15) is 11.6 Å². The number of ether oxygens (including phenoxy) is 8. The molecule has 9 rings (SSSR count). The van der Waals surface area contributed by atoms with Gasteiger partial charge in [0.15, 0.2) is 23.1 Å². The number of hydrogen-bond acceptors (Lipinski definition) is 11. The maximum atomic E-state index is 10.9. The Labute approximate surface area is 375 Å². The van der Waals surface area contributed by atoms with E-state index in [2.05, 4.69) is 45.1 Å². The summed E-state index contributed by atoms with van der Waals surface area (Å²) in [5.41, 5.74) is 2.88. The van der Waals surface area contributed by atoms with E-state index in [1.165, 1.54) is 68.8 Å². The summed E-state index contributed by atoms with van der Waals surface area (Å²) >= 11 is 1.50. The van der Waals surface area contributed by atoms with Gasteiger partial charge >= 0.3 is 24.1 Å². The zero-order valence-electron chi connectivity index (χ0n) is 38.5. The molecule has 0 aromatic rings. The van der Waals surface area contributed by atoms with E-state index in [1.54, 1.807) is 0 Å². The molecule has 0 aromatic heterocycles. The molecule has 3 saturated carbocycles. The Morgan fingerprint density at radius 3 is 1.35 bits per heavy atom. The molecule has 4 heterocycles. The molecule has 0 unspecified atom stereocenters. The summed E-state index contributed by atoms with van der Waals surface area (Å²) in [7, 11) is 0. The molecular weight excluding hydrogens is 859 g/mol. The normalized spacial score (nSPS) is 26.4. The van der Waals surface area contributed by atoms with Crippen molar-refractivity contribution in [3.63, 3.8) is 0 Å². The minimum atomic E-state index is -0.367. The topological polar surface area (TPSA) is 125 Å². The summed E-state index contributed by atoms with van der Waals surface area (Å²) in [6.07, 6.45) is 31.7. The van der Waals surface area contributed by atoms with Crippen LogP contribution in [0.2, 0.25) is 0 Å². The molecule has 9 aliphatic rings. The van der Waals surface area contributed by atoms with E-state index < -0.39 is 0 Å². The summed E-state index contributed by atoms with van der Waals surface area (Å²) in [6.45, 7) is 14.7. The van der Waals surface area contributed by atoms with Crippen LogP contribution in [0.5, 0.6) is 0 Å². The maximum absolute atomic E-state index is 10.9. The van der Waals surface area contributed by atoms with Gasteiger partial charge in [0, 0.05) is 78.5 Å². The SMILES string of the molecule is C/C=C/C1=CCC2(CC1)OCCO2.CC1=CCC2(CC1)OCCO2.CCCC1CCC(=O)CC1.CCCC1CCC2(CC1)OCCO2.O=C1CCC2(CC1)OCCO2.[H+].[HH].[O]=[Pd]. The predicted octanol–water partition coefficient (Wildman–Crippen LogP) is 10.7. The van der Waals surface area contributed by atoms with Crippen LogP contribution < -0.4 is 0 Å². The van der Waals surface area contributed by atoms with Crippen molar-refractivity contribution in [2.75, 3.05) is 52.9 Å². The first-order chi connectivity index (χ1) is 29.1. The quantitative estimate of drug-likeness (QED) is 0.193. The first kappa shape index (κ1) is 51.3. The molecule has 0 atom stereocenters. The second kappa shape index (κ2) is 27.1. The van der Waals surface area contributed by atoms with Crippen molar-refractivity contribution in [3.8, 4) is 0 Å². The fourth-order valence-electron chi connectivity index (χ4n) is 9.62. The molecule has 4 spiro atoms. The molecule has 0 radical (unpaired) electrons. The average Bonchev–Trinajstić information content (AvgIpc) is 4.13. The molecule has 12 heteroatoms. The number of ketones is 2. The van der Waals surface area contributed by atoms with Crippen molar-refractivity contribution in [2.45, 2.75) is 192 Å². The molecule has 0 bridgehead atoms. The number of Topliss-reactive ketones (excluding diaryl/α,β-unsaturated/α-hetero) is 2. The van der Waals surface area contributed by atoms with E-state index in [-0.39, 0.29) is 26.0 Å². The molecule has 5 aliphatic carbocycles. The van der Waals surface area contributed by atoms with Crippen LogP contribution in [0.3, 0.4) is 0 Å². The third-order valence-corrected chi connectivity index (χ3v) is 13.3. The van der Waals surface area contributed by atoms with E-state index in [0.717, 1.165) is 141 Å². The second-order valence-electron chi connectivity index (χ2n) is 17.7. The van der Waals surface area contributed by atoms with Gasteiger partial charge in [0.05, 0.1) is 52.9 Å². The number of carbonyl (C=O) groups is 2. The monoisotopic (exact) mass is 939 g/mol. The molecule has 0 N–H and O–H groups in total. The third kappa shape index (κ3) is 17.0. The van der Waals surface area contributed by atoms with Crippen molar-refractivity contribution < 1.29 is 73.0 Å². The summed E-state index contributed by atoms with van der Waals surface area (Å²) in [6, 6.07) is 0. The summed E-state index contributed by atoms with van der Waals surface area (Å²) in [4.78, 5) is 21.7. The minimum absolute atomic E-state index is 0. The number of hydrogen-bond donors (Lipinski definition) is 0. The molecule has 0 amide bonds. The summed E-state index contributed by atoms with van der Waals surface area (Å²) in [5.74, 6) is 1.62. The Morgan fingerprint density at radius 2 is 0.950 bits per heavy atom. The van der Waals surface area contributed by atoms with E-state index in [0.29, 0.717) is 37.6 Å². The van der Waals surface area contributed by atoms with Gasteiger partial charge in [0.25, 0.3) is 0 Å². The molecule has 4 saturated heterocycles. The van der Waals surface area contributed by atoms with E-state index in [9.17, 15) is 9.59 Å². The van der Waals surface area contributed by atoms with Crippen molar-refractivity contribution in [3.05, 3.63) is 35.5 Å². The van der Waals surface area contributed by atoms with Gasteiger partial charge in [-0.15, -0.1) is 0 Å². The fraction of sp³-hybridized carbons (Fsp3) is 0.833. The van der Waals surface area contributed by atoms with Crippen molar-refractivity contribution >= 4 is 11.6 Å². The number of rotatable bonds is 5. The van der Waals surface area contributed by atoms with Crippen LogP contribution in [0.25, 0.3) is 0 Å². The first-order valence-electron chi connectivity index (χ1n) is 23.4. The van der Waals surface area contributed by atoms with Gasteiger partial charge in [-0.05, 0) is 64.2 Å². The van der Waals surface area contributed by atoms with Crippen molar-refractivity contribution in [1.82, 2.24) is 0 Å². The van der Waals surface area contributed by atoms with Crippen LogP contribution in [-0.2, 0) is 70.1 Å². The van der Waals surface area contributed by atoms with Gasteiger partial charge in [0.2, 0.25) is 0 Å². The zero-order valence-corrected chi connectivity index (χ0v) is 39.0. The van der Waals surface area contributed by atoms with Crippen LogP contribution in [-0.4, -0.2) is 87.6 Å². The van der Waals surface area contributed by atoms with Crippen molar-refractivity contribution in [2.24, 2.45) is 11.8 Å². The van der Waals surface area contributed by atoms with E-state index >= 15 is 0 Å². The van der Waals surface area contributed by atoms with Gasteiger partial charge in [-0.3, -0.25) is 9.59 Å². The summed E-state index contributed by atoms with van der Waals surface area (Å²) < 4.78 is 52.7. The first-order valence-corrected chi connectivity index (χ1v) is 24.0. The number of carbonyl (C=O) groups excluding carboxylic acids is 2. The van der Waals surface area contributed by atoms with E-state index in [1.807, 2.05) is 6.92 Å². The standard InChI is InChI=1S/C11H20O2.C11H16O2.C9H14O2.C9H16O.C8H12O3.O.Pd.H2/c2*1-2-3-10-4-6-11(7-5-10)12-8-9-13-11;1-8-2-4-9(5-3-8)10-6-7-11-9;1-2-3-8-4-6-9(10)7-5-8;9-7-1-3-8(4-2-7)10-5-6-11-8;;;/h10H,2-9H2,1H3;2-4H,5-9H2,1H3;2H,3-7H2,1H3;8H,2-7H2,1H3;1-6H2;;;1H/p+1/b;3-2+;;;;;;. The Balaban J connectivity index is 0.000000263. The van der Waals surface area contributed by atoms with Gasteiger partial charge in [-0.25, -0.2) is 0 Å². The van der Waals surface area contributed by atoms with Gasteiger partial charge in [-0.2, -0.15) is 0 Å². The van der Waals surface area contributed by atoms with Gasteiger partial charge < -0.3 is 37.9 Å². The predicted molar refractivity (Wildman–Crippen MR) is 229 cm³/mol. The third-order valence-electron chi connectivity index (χ3n) is 13.3. The van der Waals surface area contributed by atoms with Crippen molar-refractivity contribution in [1.29, 1.82) is 0 Å². The molecule has 11 nitrogen and oxygen atoms in total. The van der Waals surface area contributed by atoms with Crippen LogP contribution >= 0.6 is 0 Å². The Morgan fingerprint density at radius 1 is 0.567 bits per heavy atom. The van der Waals surface area contributed by atoms with Crippen LogP contribution in [0, 0.1) is 11.8 Å². The Bertz CT molecular complexity index is 1330. The van der Waals surface area contributed by atoms with Crippen LogP contribution in [0.15, 0.2) is 35.5 Å². The molecule has 60 heavy (non-hydrogen) atoms. The Kier molecular flexibility index (Phi) is 23.2. The average molecular weight is 941 g/mol. The molecule has 0 aromatic carbocycles. The van der Waals surface area contributed by atoms with Crippen LogP contribution in [0.4, 0.5) is 0 Å². The molecule has 7 fully saturated rings. The molecule has 4 aliphatic heterocycles. The Hall–Kier alpha value is -1.30. The fourth-order valence-corrected chi connectivity index (χ4v) is 9.62. The number of allylic oxidation sites excluding steroid dienone is 4. The second-order valence-corrected chi connectivity index (χ2v) is 17.7. The zero-order chi connectivity index (χ0) is 43.2.